The van der Waals surface area contributed by atoms with Crippen LogP contribution < -0.4 is 10.6 Å². The lowest BCUT2D eigenvalue weighted by Crippen LogP contribution is -2.49. The number of aromatic nitrogens is 2. The highest BCUT2D eigenvalue weighted by Crippen LogP contribution is 2.34. The molecule has 2 rings (SSSR count). The molecule has 4 atom stereocenters. The Kier molecular flexibility index (Phi) is 7.30. The Morgan fingerprint density at radius 2 is 1.96 bits per heavy atom. The van der Waals surface area contributed by atoms with Gasteiger partial charge < -0.3 is 19.2 Å². The van der Waals surface area contributed by atoms with Gasteiger partial charge in [0, 0.05) is 32.5 Å². The molecule has 0 aromatic carbocycles. The highest BCUT2D eigenvalue weighted by Gasteiger charge is 2.50. The Morgan fingerprint density at radius 1 is 1.29 bits per heavy atom. The van der Waals surface area contributed by atoms with Crippen LogP contribution in [0.4, 0.5) is 5.82 Å². The summed E-state index contributed by atoms with van der Waals surface area (Å²) in [6.07, 6.45) is -0.702. The number of alkyl halides is 1. The summed E-state index contributed by atoms with van der Waals surface area (Å²) in [6, 6.07) is 0. The molecule has 1 aliphatic rings. The molecule has 1 fully saturated rings. The third kappa shape index (κ3) is 4.96. The van der Waals surface area contributed by atoms with Gasteiger partial charge in [-0.3, -0.25) is 19.3 Å². The van der Waals surface area contributed by atoms with Gasteiger partial charge in [0.1, 0.15) is 18.5 Å². The number of rotatable bonds is 6. The number of H-pyrrole nitrogens is 1. The highest BCUT2D eigenvalue weighted by atomic mass is 79.9. The van der Waals surface area contributed by atoms with Crippen LogP contribution in [0.5, 0.6) is 0 Å². The molecule has 1 amide bonds. The molecule has 154 valence electrons. The van der Waals surface area contributed by atoms with Crippen molar-refractivity contribution in [3.05, 3.63) is 22.2 Å². The number of carbonyl (C=O) groups excluding carboxylic acids is 3. The molecule has 0 saturated carbocycles. The Hall–Kier alpha value is -2.27. The number of anilines is 1. The van der Waals surface area contributed by atoms with E-state index in [9.17, 15) is 19.2 Å². The zero-order chi connectivity index (χ0) is 21.0. The van der Waals surface area contributed by atoms with Crippen LogP contribution in [0.3, 0.4) is 0 Å². The fourth-order valence-corrected chi connectivity index (χ4v) is 3.53. The Bertz CT molecular complexity index is 812. The first-order valence-corrected chi connectivity index (χ1v) is 9.55. The smallest absolute Gasteiger partial charge is 0.346 e. The zero-order valence-electron chi connectivity index (χ0n) is 15.9. The molecule has 0 radical (unpaired) electrons. The number of hydrogen-bond donors (Lipinski definition) is 1. The van der Waals surface area contributed by atoms with Gasteiger partial charge in [-0.1, -0.05) is 22.9 Å². The van der Waals surface area contributed by atoms with Crippen molar-refractivity contribution in [2.75, 3.05) is 11.5 Å². The molecule has 1 aliphatic heterocycles. The van der Waals surface area contributed by atoms with Crippen molar-refractivity contribution in [1.82, 2.24) is 9.97 Å². The average Bonchev–Trinajstić information content (AvgIpc) is 2.89. The van der Waals surface area contributed by atoms with Crippen LogP contribution in [0, 0.1) is 0 Å². The van der Waals surface area contributed by atoms with Gasteiger partial charge >= 0.3 is 17.6 Å². The molecule has 1 aromatic rings. The Balaban J connectivity index is 2.46. The summed E-state index contributed by atoms with van der Waals surface area (Å²) in [6.45, 7) is 5.52. The molecule has 0 spiro atoms. The first-order valence-electron chi connectivity index (χ1n) is 8.64. The molecule has 1 saturated heterocycles. The number of aryl methyl sites for hydroxylation is 1. The van der Waals surface area contributed by atoms with Gasteiger partial charge in [-0.05, 0) is 6.42 Å². The van der Waals surface area contributed by atoms with Crippen LogP contribution >= 0.6 is 15.9 Å². The second-order valence-corrected chi connectivity index (χ2v) is 7.24. The number of nitrogens with one attached hydrogen (secondary N) is 1. The average molecular weight is 460 g/mol. The first-order chi connectivity index (χ1) is 13.1. The van der Waals surface area contributed by atoms with Gasteiger partial charge in [0.25, 0.3) is 0 Å². The van der Waals surface area contributed by atoms with Crippen LogP contribution in [0.25, 0.3) is 0 Å². The lowest BCUT2D eigenvalue weighted by Gasteiger charge is -2.31. The van der Waals surface area contributed by atoms with Gasteiger partial charge in [0.05, 0.1) is 4.83 Å². The van der Waals surface area contributed by atoms with Crippen LogP contribution in [0.2, 0.25) is 0 Å². The minimum Gasteiger partial charge on any atom is -0.463 e. The van der Waals surface area contributed by atoms with Gasteiger partial charge in [0.2, 0.25) is 5.91 Å². The van der Waals surface area contributed by atoms with E-state index in [1.165, 1.54) is 31.9 Å². The molecular formula is C17H22BrN3O7. The minimum absolute atomic E-state index is 0.102. The van der Waals surface area contributed by atoms with Crippen molar-refractivity contribution >= 4 is 39.6 Å². The zero-order valence-corrected chi connectivity index (χ0v) is 17.5. The second kappa shape index (κ2) is 9.28. The van der Waals surface area contributed by atoms with Gasteiger partial charge in [0.15, 0.2) is 12.3 Å². The maximum Gasteiger partial charge on any atom is 0.346 e. The van der Waals surface area contributed by atoms with E-state index >= 15 is 0 Å². The van der Waals surface area contributed by atoms with E-state index in [1.807, 2.05) is 6.92 Å². The minimum atomic E-state index is -1.06. The van der Waals surface area contributed by atoms with E-state index in [0.717, 1.165) is 0 Å². The largest absolute Gasteiger partial charge is 0.463 e. The highest BCUT2D eigenvalue weighted by molar-refractivity contribution is 9.09. The molecular weight excluding hydrogens is 438 g/mol. The number of ether oxygens (including phenoxy) is 3. The lowest BCUT2D eigenvalue weighted by atomic mass is 10.1. The van der Waals surface area contributed by atoms with Gasteiger partial charge in [-0.25, -0.2) is 4.79 Å². The van der Waals surface area contributed by atoms with Crippen LogP contribution in [-0.2, 0) is 35.0 Å². The number of hydrogen-bond acceptors (Lipinski definition) is 8. The summed E-state index contributed by atoms with van der Waals surface area (Å²) >= 11 is 3.41. The quantitative estimate of drug-likeness (QED) is 0.485. The molecule has 10 nitrogen and oxygen atoms in total. The monoisotopic (exact) mass is 459 g/mol. The molecule has 1 aromatic heterocycles. The van der Waals surface area contributed by atoms with E-state index in [2.05, 4.69) is 25.9 Å². The molecule has 0 bridgehead atoms. The van der Waals surface area contributed by atoms with Crippen LogP contribution in [-0.4, -0.2) is 57.7 Å². The van der Waals surface area contributed by atoms with E-state index < -0.39 is 46.8 Å². The number of esters is 2. The third-order valence-electron chi connectivity index (χ3n) is 4.08. The van der Waals surface area contributed by atoms with E-state index in [0.29, 0.717) is 12.0 Å². The van der Waals surface area contributed by atoms with Crippen LogP contribution in [0.15, 0.2) is 11.0 Å². The summed E-state index contributed by atoms with van der Waals surface area (Å²) in [7, 11) is 0. The fourth-order valence-electron chi connectivity index (χ4n) is 2.89. The summed E-state index contributed by atoms with van der Waals surface area (Å²) in [4.78, 5) is 54.0. The summed E-state index contributed by atoms with van der Waals surface area (Å²) in [5.41, 5.74) is -0.0260. The maximum absolute atomic E-state index is 12.5. The molecule has 2 heterocycles. The summed E-state index contributed by atoms with van der Waals surface area (Å²) in [5.74, 6) is -1.41. The van der Waals surface area contributed by atoms with Gasteiger partial charge in [-0.2, -0.15) is 4.98 Å². The summed E-state index contributed by atoms with van der Waals surface area (Å²) < 4.78 is 16.3. The predicted molar refractivity (Wildman–Crippen MR) is 101 cm³/mol. The molecule has 0 unspecified atom stereocenters. The lowest BCUT2D eigenvalue weighted by molar-refractivity contribution is -0.150. The van der Waals surface area contributed by atoms with Gasteiger partial charge in [-0.15, -0.1) is 0 Å². The van der Waals surface area contributed by atoms with E-state index in [-0.39, 0.29) is 12.4 Å². The normalized spacial score (nSPS) is 23.9. The van der Waals surface area contributed by atoms with E-state index in [4.69, 9.17) is 14.2 Å². The number of aromatic amines is 1. The fraction of sp³-hybridized carbons (Fsp3) is 0.588. The SMILES string of the molecule is CCc1c[nH]c(=O)nc1N(C(C)=O)[C@@H]1O[C@H](COC(C)=O)[C@H](Br)[C@H]1OC(C)=O. The first kappa shape index (κ1) is 22.0. The Morgan fingerprint density at radius 3 is 2.50 bits per heavy atom. The van der Waals surface area contributed by atoms with Crippen molar-refractivity contribution in [2.24, 2.45) is 0 Å². The van der Waals surface area contributed by atoms with Crippen molar-refractivity contribution in [3.63, 3.8) is 0 Å². The van der Waals surface area contributed by atoms with Crippen molar-refractivity contribution in [1.29, 1.82) is 0 Å². The number of amides is 1. The van der Waals surface area contributed by atoms with Crippen molar-refractivity contribution in [3.8, 4) is 0 Å². The molecule has 0 aliphatic carbocycles. The topological polar surface area (TPSA) is 128 Å². The predicted octanol–water partition coefficient (Wildman–Crippen LogP) is 0.668. The van der Waals surface area contributed by atoms with Crippen LogP contribution in [0.1, 0.15) is 33.3 Å². The third-order valence-corrected chi connectivity index (χ3v) is 5.20. The van der Waals surface area contributed by atoms with Crippen molar-refractivity contribution < 1.29 is 28.6 Å². The number of halogens is 1. The molecule has 1 N–H and O–H groups in total. The molecule has 11 heteroatoms. The Labute approximate surface area is 169 Å². The maximum atomic E-state index is 12.5. The standard InChI is InChI=1S/C17H22BrN3O7/c1-5-11-6-19-17(25)20-15(11)21(8(2)22)16-14(27-10(4)24)13(18)12(28-16)7-26-9(3)23/h6,12-14,16H,5,7H2,1-4H3,(H,19,20,25)/t12-,13+,14-,16-/m1/s1. The second-order valence-electron chi connectivity index (χ2n) is 6.18. The summed E-state index contributed by atoms with van der Waals surface area (Å²) in [5, 5.41) is 0. The number of carbonyl (C=O) groups is 3. The van der Waals surface area contributed by atoms with Crippen molar-refractivity contribution in [2.45, 2.75) is 57.4 Å². The molecule has 28 heavy (non-hydrogen) atoms. The van der Waals surface area contributed by atoms with E-state index in [1.54, 1.807) is 0 Å². The number of nitrogens with zero attached hydrogens (tertiary/aromatic N) is 2.